The van der Waals surface area contributed by atoms with Gasteiger partial charge in [-0.15, -0.1) is 0 Å². The molecule has 0 amide bonds. The highest BCUT2D eigenvalue weighted by Crippen LogP contribution is 2.14. The predicted octanol–water partition coefficient (Wildman–Crippen LogP) is 4.30. The quantitative estimate of drug-likeness (QED) is 0.502. The number of hydrogen-bond donors (Lipinski definition) is 1. The highest BCUT2D eigenvalue weighted by atomic mass is 15.1. The summed E-state index contributed by atoms with van der Waals surface area (Å²) in [4.78, 5) is 2.28. The smallest absolute Gasteiger partial charge is 0.00387 e. The molecule has 0 spiro atoms. The van der Waals surface area contributed by atoms with Gasteiger partial charge in [0.2, 0.25) is 0 Å². The summed E-state index contributed by atoms with van der Waals surface area (Å²) in [6, 6.07) is 0. The Labute approximate surface area is 122 Å². The van der Waals surface area contributed by atoms with Crippen molar-refractivity contribution < 1.29 is 0 Å². The first-order valence-corrected chi connectivity index (χ1v) is 8.33. The van der Waals surface area contributed by atoms with E-state index in [1.54, 1.807) is 0 Å². The van der Waals surface area contributed by atoms with Crippen LogP contribution < -0.4 is 5.32 Å². The number of nitrogens with zero attached hydrogens (tertiary/aromatic N) is 1. The van der Waals surface area contributed by atoms with Gasteiger partial charge >= 0.3 is 0 Å². The van der Waals surface area contributed by atoms with E-state index < -0.39 is 0 Å². The Hall–Kier alpha value is -0.0800. The lowest BCUT2D eigenvalue weighted by atomic mass is 9.93. The zero-order chi connectivity index (χ0) is 14.6. The van der Waals surface area contributed by atoms with Crippen LogP contribution in [0.4, 0.5) is 0 Å². The fraction of sp³-hybridized carbons (Fsp3) is 1.00. The molecule has 0 radical (unpaired) electrons. The van der Waals surface area contributed by atoms with Crippen LogP contribution >= 0.6 is 0 Å². The summed E-state index contributed by atoms with van der Waals surface area (Å²) in [6.07, 6.45) is 11.2. The summed E-state index contributed by atoms with van der Waals surface area (Å²) in [5.74, 6) is 0. The van der Waals surface area contributed by atoms with Crippen LogP contribution in [-0.4, -0.2) is 38.6 Å². The first kappa shape index (κ1) is 18.9. The molecule has 2 nitrogen and oxygen atoms in total. The second-order valence-corrected chi connectivity index (χ2v) is 7.05. The molecule has 0 bridgehead atoms. The van der Waals surface area contributed by atoms with Gasteiger partial charge in [0.15, 0.2) is 0 Å². The van der Waals surface area contributed by atoms with Crippen molar-refractivity contribution in [2.75, 3.05) is 33.7 Å². The molecule has 19 heavy (non-hydrogen) atoms. The van der Waals surface area contributed by atoms with Gasteiger partial charge in [-0.05, 0) is 32.5 Å². The van der Waals surface area contributed by atoms with Gasteiger partial charge in [-0.25, -0.2) is 0 Å². The van der Waals surface area contributed by atoms with Gasteiger partial charge < -0.3 is 10.2 Å². The molecular weight excluding hydrogens is 232 g/mol. The Morgan fingerprint density at radius 2 is 1.37 bits per heavy atom. The first-order chi connectivity index (χ1) is 8.98. The van der Waals surface area contributed by atoms with Crippen molar-refractivity contribution in [1.29, 1.82) is 0 Å². The molecular formula is C17H38N2. The van der Waals surface area contributed by atoms with E-state index in [9.17, 15) is 0 Å². The van der Waals surface area contributed by atoms with Crippen LogP contribution in [-0.2, 0) is 0 Å². The lowest BCUT2D eigenvalue weighted by molar-refractivity contribution is 0.232. The van der Waals surface area contributed by atoms with Crippen molar-refractivity contribution >= 4 is 0 Å². The van der Waals surface area contributed by atoms with E-state index in [1.807, 2.05) is 0 Å². The highest BCUT2D eigenvalue weighted by Gasteiger charge is 2.17. The molecule has 0 aliphatic carbocycles. The summed E-state index contributed by atoms with van der Waals surface area (Å²) < 4.78 is 0. The minimum absolute atomic E-state index is 0.379. The summed E-state index contributed by atoms with van der Waals surface area (Å²) in [7, 11) is 4.31. The maximum Gasteiger partial charge on any atom is 0.00387 e. The van der Waals surface area contributed by atoms with E-state index in [0.717, 1.165) is 13.1 Å². The Morgan fingerprint density at radius 1 is 0.842 bits per heavy atom. The first-order valence-electron chi connectivity index (χ1n) is 8.33. The molecule has 0 saturated carbocycles. The van der Waals surface area contributed by atoms with E-state index in [4.69, 9.17) is 0 Å². The average Bonchev–Trinajstić information content (AvgIpc) is 2.30. The van der Waals surface area contributed by atoms with Gasteiger partial charge in [0.25, 0.3) is 0 Å². The molecule has 0 heterocycles. The minimum atomic E-state index is 0.379. The van der Waals surface area contributed by atoms with E-state index in [0.29, 0.717) is 5.41 Å². The molecule has 1 N–H and O–H groups in total. The van der Waals surface area contributed by atoms with Crippen molar-refractivity contribution in [3.63, 3.8) is 0 Å². The topological polar surface area (TPSA) is 15.3 Å². The second kappa shape index (κ2) is 11.7. The standard InChI is InChI=1S/C17H38N2/c1-6-7-8-9-10-11-12-13-14-18-15-17(2,3)16-19(4)5/h18H,6-16H2,1-5H3. The molecule has 0 aromatic rings. The normalized spacial score (nSPS) is 12.3. The van der Waals surface area contributed by atoms with Gasteiger partial charge in [-0.1, -0.05) is 65.7 Å². The van der Waals surface area contributed by atoms with Gasteiger partial charge in [-0.3, -0.25) is 0 Å². The fourth-order valence-electron chi connectivity index (χ4n) is 2.72. The Bertz CT molecular complexity index is 188. The molecule has 0 aromatic carbocycles. The fourth-order valence-corrected chi connectivity index (χ4v) is 2.72. The van der Waals surface area contributed by atoms with Gasteiger partial charge in [0, 0.05) is 13.1 Å². The van der Waals surface area contributed by atoms with Crippen LogP contribution in [0.1, 0.15) is 72.1 Å². The van der Waals surface area contributed by atoms with E-state index in [-0.39, 0.29) is 0 Å². The van der Waals surface area contributed by atoms with Gasteiger partial charge in [0.1, 0.15) is 0 Å². The Kier molecular flexibility index (Phi) is 11.7. The number of rotatable bonds is 13. The maximum absolute atomic E-state index is 3.62. The number of hydrogen-bond acceptors (Lipinski definition) is 2. The molecule has 0 rings (SSSR count). The van der Waals surface area contributed by atoms with Crippen molar-refractivity contribution in [3.8, 4) is 0 Å². The van der Waals surface area contributed by atoms with Crippen LogP contribution in [0.15, 0.2) is 0 Å². The SMILES string of the molecule is CCCCCCCCCCNCC(C)(C)CN(C)C. The molecule has 0 aliphatic rings. The molecule has 0 aliphatic heterocycles. The summed E-state index contributed by atoms with van der Waals surface area (Å²) >= 11 is 0. The highest BCUT2D eigenvalue weighted by molar-refractivity contribution is 4.73. The van der Waals surface area contributed by atoms with Crippen molar-refractivity contribution in [1.82, 2.24) is 10.2 Å². The van der Waals surface area contributed by atoms with Crippen molar-refractivity contribution in [2.45, 2.75) is 72.1 Å². The van der Waals surface area contributed by atoms with E-state index >= 15 is 0 Å². The van der Waals surface area contributed by atoms with Gasteiger partial charge in [-0.2, -0.15) is 0 Å². The molecule has 0 saturated heterocycles. The third-order valence-corrected chi connectivity index (χ3v) is 3.55. The van der Waals surface area contributed by atoms with Crippen LogP contribution in [0.2, 0.25) is 0 Å². The second-order valence-electron chi connectivity index (χ2n) is 7.05. The van der Waals surface area contributed by atoms with Crippen LogP contribution in [0.5, 0.6) is 0 Å². The molecule has 0 aromatic heterocycles. The minimum Gasteiger partial charge on any atom is -0.316 e. The lowest BCUT2D eigenvalue weighted by Gasteiger charge is -2.28. The largest absolute Gasteiger partial charge is 0.316 e. The van der Waals surface area contributed by atoms with Crippen LogP contribution in [0.3, 0.4) is 0 Å². The van der Waals surface area contributed by atoms with Crippen LogP contribution in [0.25, 0.3) is 0 Å². The third-order valence-electron chi connectivity index (χ3n) is 3.55. The van der Waals surface area contributed by atoms with Crippen molar-refractivity contribution in [2.24, 2.45) is 5.41 Å². The maximum atomic E-state index is 3.62. The number of nitrogens with one attached hydrogen (secondary N) is 1. The predicted molar refractivity (Wildman–Crippen MR) is 87.8 cm³/mol. The Balaban J connectivity index is 3.26. The molecule has 0 atom stereocenters. The molecule has 0 unspecified atom stereocenters. The Morgan fingerprint density at radius 3 is 1.89 bits per heavy atom. The number of unbranched alkanes of at least 4 members (excludes halogenated alkanes) is 7. The average molecular weight is 271 g/mol. The van der Waals surface area contributed by atoms with Crippen LogP contribution in [0, 0.1) is 5.41 Å². The molecule has 116 valence electrons. The van der Waals surface area contributed by atoms with Crippen molar-refractivity contribution in [3.05, 3.63) is 0 Å². The van der Waals surface area contributed by atoms with Gasteiger partial charge in [0.05, 0.1) is 0 Å². The monoisotopic (exact) mass is 270 g/mol. The summed E-state index contributed by atoms with van der Waals surface area (Å²) in [5.41, 5.74) is 0.379. The summed E-state index contributed by atoms with van der Waals surface area (Å²) in [5, 5.41) is 3.62. The third kappa shape index (κ3) is 14.1. The zero-order valence-corrected chi connectivity index (χ0v) is 14.2. The molecule has 0 fully saturated rings. The zero-order valence-electron chi connectivity index (χ0n) is 14.2. The van der Waals surface area contributed by atoms with E-state index in [1.165, 1.54) is 57.9 Å². The molecule has 2 heteroatoms. The summed E-state index contributed by atoms with van der Waals surface area (Å²) in [6.45, 7) is 10.4. The lowest BCUT2D eigenvalue weighted by Crippen LogP contribution is -2.37. The van der Waals surface area contributed by atoms with E-state index in [2.05, 4.69) is 45.1 Å².